The fraction of sp³-hybridized carbons (Fsp3) is 1.00. The highest BCUT2D eigenvalue weighted by atomic mass is 15.3. The lowest BCUT2D eigenvalue weighted by molar-refractivity contribution is 0.130. The van der Waals surface area contributed by atoms with Gasteiger partial charge in [-0.25, -0.2) is 0 Å². The lowest BCUT2D eigenvalue weighted by Crippen LogP contribution is -2.47. The Balaban J connectivity index is 1.71. The van der Waals surface area contributed by atoms with Gasteiger partial charge >= 0.3 is 0 Å². The maximum Gasteiger partial charge on any atom is 0.0110 e. The van der Waals surface area contributed by atoms with Gasteiger partial charge in [0.05, 0.1) is 0 Å². The van der Waals surface area contributed by atoms with Crippen molar-refractivity contribution in [1.82, 2.24) is 20.4 Å². The highest BCUT2D eigenvalue weighted by Gasteiger charge is 2.15. The lowest BCUT2D eigenvalue weighted by atomic mass is 10.2. The Kier molecular flexibility index (Phi) is 6.27. The molecule has 3 saturated heterocycles. The summed E-state index contributed by atoms with van der Waals surface area (Å²) in [5.41, 5.74) is 0. The fourth-order valence-corrected chi connectivity index (χ4v) is 2.68. The number of hydrogen-bond acceptors (Lipinski definition) is 4. The first kappa shape index (κ1) is 13.3. The quantitative estimate of drug-likeness (QED) is 0.622. The fourth-order valence-electron chi connectivity index (χ4n) is 2.68. The second-order valence-corrected chi connectivity index (χ2v) is 5.24. The third kappa shape index (κ3) is 5.34. The second kappa shape index (κ2) is 8.03. The first-order chi connectivity index (χ1) is 8.45. The molecule has 3 rings (SSSR count). The number of fused-ring (bicyclic) bond motifs is 12. The Morgan fingerprint density at radius 2 is 0.882 bits per heavy atom. The van der Waals surface area contributed by atoms with Gasteiger partial charge in [-0.3, -0.25) is 0 Å². The van der Waals surface area contributed by atoms with Gasteiger partial charge in [0.25, 0.3) is 0 Å². The van der Waals surface area contributed by atoms with Gasteiger partial charge in [-0.1, -0.05) is 0 Å². The van der Waals surface area contributed by atoms with Crippen LogP contribution in [0.3, 0.4) is 0 Å². The van der Waals surface area contributed by atoms with Gasteiger partial charge < -0.3 is 20.4 Å². The summed E-state index contributed by atoms with van der Waals surface area (Å²) in [5.74, 6) is 0. The highest BCUT2D eigenvalue weighted by Crippen LogP contribution is 2.03. The molecular weight excluding hydrogens is 212 g/mol. The normalized spacial score (nSPS) is 33.9. The van der Waals surface area contributed by atoms with Crippen molar-refractivity contribution in [1.29, 1.82) is 0 Å². The zero-order chi connectivity index (χ0) is 11.8. The first-order valence-electron chi connectivity index (χ1n) is 7.31. The Morgan fingerprint density at radius 3 is 1.35 bits per heavy atom. The SMILES string of the molecule is C1CNCCCN2CCN(CCCNC1)CC2. The van der Waals surface area contributed by atoms with Crippen molar-refractivity contribution in [2.75, 3.05) is 65.4 Å². The van der Waals surface area contributed by atoms with Crippen LogP contribution in [0.4, 0.5) is 0 Å². The largest absolute Gasteiger partial charge is 0.317 e. The van der Waals surface area contributed by atoms with Crippen LogP contribution in [0.5, 0.6) is 0 Å². The monoisotopic (exact) mass is 240 g/mol. The average Bonchev–Trinajstić information content (AvgIpc) is 2.38. The van der Waals surface area contributed by atoms with Crippen molar-refractivity contribution in [3.8, 4) is 0 Å². The van der Waals surface area contributed by atoms with Crippen molar-refractivity contribution in [3.05, 3.63) is 0 Å². The zero-order valence-corrected chi connectivity index (χ0v) is 11.1. The topological polar surface area (TPSA) is 30.5 Å². The number of hydrogen-bond donors (Lipinski definition) is 2. The second-order valence-electron chi connectivity index (χ2n) is 5.24. The summed E-state index contributed by atoms with van der Waals surface area (Å²) in [6.07, 6.45) is 3.86. The van der Waals surface area contributed by atoms with Gasteiger partial charge in [0, 0.05) is 26.2 Å². The molecule has 0 aromatic heterocycles. The molecule has 3 fully saturated rings. The Morgan fingerprint density at radius 1 is 0.471 bits per heavy atom. The molecule has 17 heavy (non-hydrogen) atoms. The maximum atomic E-state index is 3.54. The van der Waals surface area contributed by atoms with Crippen molar-refractivity contribution < 1.29 is 0 Å². The summed E-state index contributed by atoms with van der Waals surface area (Å²) in [6, 6.07) is 0. The van der Waals surface area contributed by atoms with Gasteiger partial charge in [0.1, 0.15) is 0 Å². The molecule has 2 N–H and O–H groups in total. The minimum atomic E-state index is 1.17. The molecule has 2 bridgehead atoms. The molecule has 0 radical (unpaired) electrons. The van der Waals surface area contributed by atoms with Gasteiger partial charge in [-0.05, 0) is 58.5 Å². The highest BCUT2D eigenvalue weighted by molar-refractivity contribution is 4.72. The summed E-state index contributed by atoms with van der Waals surface area (Å²) in [4.78, 5) is 5.24. The molecule has 3 heterocycles. The van der Waals surface area contributed by atoms with Crippen LogP contribution < -0.4 is 10.6 Å². The minimum Gasteiger partial charge on any atom is -0.317 e. The van der Waals surface area contributed by atoms with Crippen LogP contribution in [0.1, 0.15) is 19.3 Å². The summed E-state index contributed by atoms with van der Waals surface area (Å²) in [5, 5.41) is 7.07. The summed E-state index contributed by atoms with van der Waals surface area (Å²) < 4.78 is 0. The van der Waals surface area contributed by atoms with E-state index < -0.39 is 0 Å². The summed E-state index contributed by atoms with van der Waals surface area (Å²) in [7, 11) is 0. The van der Waals surface area contributed by atoms with E-state index in [9.17, 15) is 0 Å². The van der Waals surface area contributed by atoms with Crippen LogP contribution in [0, 0.1) is 0 Å². The number of nitrogens with one attached hydrogen (secondary N) is 2. The molecule has 0 aliphatic carbocycles. The summed E-state index contributed by atoms with van der Waals surface area (Å²) in [6.45, 7) is 12.3. The van der Waals surface area contributed by atoms with Gasteiger partial charge in [0.15, 0.2) is 0 Å². The molecule has 0 unspecified atom stereocenters. The van der Waals surface area contributed by atoms with Crippen molar-refractivity contribution in [3.63, 3.8) is 0 Å². The van der Waals surface area contributed by atoms with Gasteiger partial charge in [-0.2, -0.15) is 0 Å². The van der Waals surface area contributed by atoms with Crippen LogP contribution in [0.25, 0.3) is 0 Å². The van der Waals surface area contributed by atoms with E-state index in [0.29, 0.717) is 0 Å². The molecule has 4 heteroatoms. The van der Waals surface area contributed by atoms with Crippen LogP contribution in [0.2, 0.25) is 0 Å². The third-order valence-electron chi connectivity index (χ3n) is 3.83. The predicted octanol–water partition coefficient (Wildman–Crippen LogP) is -0.0329. The van der Waals surface area contributed by atoms with Crippen molar-refractivity contribution in [2.45, 2.75) is 19.3 Å². The van der Waals surface area contributed by atoms with Crippen molar-refractivity contribution in [2.24, 2.45) is 0 Å². The molecule has 4 nitrogen and oxygen atoms in total. The molecule has 100 valence electrons. The van der Waals surface area contributed by atoms with E-state index in [-0.39, 0.29) is 0 Å². The molecular formula is C13H28N4. The molecule has 0 aromatic rings. The molecule has 3 aliphatic heterocycles. The zero-order valence-electron chi connectivity index (χ0n) is 11.1. The Labute approximate surface area is 106 Å². The Bertz CT molecular complexity index is 164. The van der Waals surface area contributed by atoms with Crippen molar-refractivity contribution >= 4 is 0 Å². The molecule has 0 atom stereocenters. The molecule has 0 saturated carbocycles. The number of nitrogens with zero attached hydrogens (tertiary/aromatic N) is 2. The van der Waals surface area contributed by atoms with Gasteiger partial charge in [0.2, 0.25) is 0 Å². The minimum absolute atomic E-state index is 1.17. The molecule has 0 amide bonds. The molecule has 0 spiro atoms. The average molecular weight is 240 g/mol. The van der Waals surface area contributed by atoms with E-state index in [0.717, 1.165) is 0 Å². The summed E-state index contributed by atoms with van der Waals surface area (Å²) >= 11 is 0. The maximum absolute atomic E-state index is 3.54. The molecule has 3 aliphatic rings. The number of rotatable bonds is 0. The van der Waals surface area contributed by atoms with Crippen LogP contribution in [-0.2, 0) is 0 Å². The van der Waals surface area contributed by atoms with E-state index in [4.69, 9.17) is 0 Å². The predicted molar refractivity (Wildman–Crippen MR) is 72.5 cm³/mol. The van der Waals surface area contributed by atoms with E-state index in [1.54, 1.807) is 0 Å². The van der Waals surface area contributed by atoms with E-state index in [1.165, 1.54) is 84.7 Å². The first-order valence-corrected chi connectivity index (χ1v) is 7.31. The smallest absolute Gasteiger partial charge is 0.0110 e. The van der Waals surface area contributed by atoms with Gasteiger partial charge in [-0.15, -0.1) is 0 Å². The standard InChI is InChI=1S/C13H28N4/c1-4-14-6-2-8-16-10-12-17(13-11-16)9-3-7-15-5-1/h14-15H,1-13H2. The van der Waals surface area contributed by atoms with E-state index >= 15 is 0 Å². The number of piperazine rings is 1. The van der Waals surface area contributed by atoms with E-state index in [2.05, 4.69) is 20.4 Å². The van der Waals surface area contributed by atoms with Crippen LogP contribution >= 0.6 is 0 Å². The van der Waals surface area contributed by atoms with Crippen LogP contribution in [-0.4, -0.2) is 75.2 Å². The van der Waals surface area contributed by atoms with Crippen LogP contribution in [0.15, 0.2) is 0 Å². The third-order valence-corrected chi connectivity index (χ3v) is 3.83. The molecule has 0 aromatic carbocycles. The lowest BCUT2D eigenvalue weighted by Gasteiger charge is -2.34. The Hall–Kier alpha value is -0.160. The van der Waals surface area contributed by atoms with E-state index in [1.807, 2.05) is 0 Å².